The summed E-state index contributed by atoms with van der Waals surface area (Å²) in [6.07, 6.45) is 2.94. The Morgan fingerprint density at radius 3 is 2.48 bits per heavy atom. The number of nitrogens with one attached hydrogen (secondary N) is 2. The van der Waals surface area contributed by atoms with Crippen molar-refractivity contribution in [3.05, 3.63) is 23.8 Å². The predicted octanol–water partition coefficient (Wildman–Crippen LogP) is 3.72. The number of rotatable bonds is 6. The number of carbonyl (C=O) groups excluding carboxylic acids is 1. The van der Waals surface area contributed by atoms with Gasteiger partial charge in [0.25, 0.3) is 0 Å². The minimum absolute atomic E-state index is 0. The van der Waals surface area contributed by atoms with Gasteiger partial charge in [-0.3, -0.25) is 4.79 Å². The summed E-state index contributed by atoms with van der Waals surface area (Å²) in [5.41, 5.74) is 1.08. The van der Waals surface area contributed by atoms with Gasteiger partial charge in [-0.05, 0) is 61.4 Å². The Hall–Kier alpha value is -1.46. The second-order valence-corrected chi connectivity index (χ2v) is 7.96. The van der Waals surface area contributed by atoms with Crippen molar-refractivity contribution in [2.45, 2.75) is 46.1 Å². The number of piperidine rings is 1. The summed E-state index contributed by atoms with van der Waals surface area (Å²) in [6, 6.07) is 5.98. The summed E-state index contributed by atoms with van der Waals surface area (Å²) in [4.78, 5) is 12.7. The largest absolute Gasteiger partial charge is 0.486 e. The van der Waals surface area contributed by atoms with Crippen LogP contribution in [-0.4, -0.2) is 32.2 Å². The third kappa shape index (κ3) is 5.76. The molecule has 2 heterocycles. The first-order valence-corrected chi connectivity index (χ1v) is 9.94. The van der Waals surface area contributed by atoms with Crippen molar-refractivity contribution in [3.8, 4) is 11.5 Å². The number of ether oxygens (including phenoxy) is 2. The molecule has 152 valence electrons. The monoisotopic (exact) mass is 396 g/mol. The van der Waals surface area contributed by atoms with E-state index in [-0.39, 0.29) is 24.4 Å². The lowest BCUT2D eigenvalue weighted by molar-refractivity contribution is -0.123. The van der Waals surface area contributed by atoms with E-state index in [1.165, 1.54) is 12.8 Å². The SMILES string of the molecule is CC(C)C(NC(=O)CC(C)C1CCNCC1)c1ccc2c(c1)OCCO2.Cl. The van der Waals surface area contributed by atoms with Crippen LogP contribution < -0.4 is 20.1 Å². The van der Waals surface area contributed by atoms with E-state index in [0.717, 1.165) is 30.2 Å². The van der Waals surface area contributed by atoms with Crippen molar-refractivity contribution < 1.29 is 14.3 Å². The Labute approximate surface area is 169 Å². The highest BCUT2D eigenvalue weighted by molar-refractivity contribution is 5.85. The molecule has 0 aromatic heterocycles. The maximum absolute atomic E-state index is 12.7. The summed E-state index contributed by atoms with van der Waals surface area (Å²) >= 11 is 0. The van der Waals surface area contributed by atoms with Crippen LogP contribution in [0.1, 0.15) is 51.6 Å². The number of benzene rings is 1. The van der Waals surface area contributed by atoms with Crippen LogP contribution in [0.2, 0.25) is 0 Å². The molecule has 0 aliphatic carbocycles. The number of amides is 1. The van der Waals surface area contributed by atoms with Crippen molar-refractivity contribution in [1.82, 2.24) is 10.6 Å². The van der Waals surface area contributed by atoms with Crippen LogP contribution in [0.25, 0.3) is 0 Å². The van der Waals surface area contributed by atoms with E-state index in [9.17, 15) is 4.79 Å². The number of hydrogen-bond donors (Lipinski definition) is 2. The van der Waals surface area contributed by atoms with Gasteiger partial charge in [-0.2, -0.15) is 0 Å². The molecule has 27 heavy (non-hydrogen) atoms. The zero-order valence-corrected chi connectivity index (χ0v) is 17.4. The number of halogens is 1. The van der Waals surface area contributed by atoms with E-state index in [4.69, 9.17) is 9.47 Å². The summed E-state index contributed by atoms with van der Waals surface area (Å²) < 4.78 is 11.3. The molecule has 2 aliphatic rings. The molecule has 2 atom stereocenters. The van der Waals surface area contributed by atoms with Crippen molar-refractivity contribution in [1.29, 1.82) is 0 Å². The highest BCUT2D eigenvalue weighted by Gasteiger charge is 2.25. The Bertz CT molecular complexity index is 617. The Kier molecular flexibility index (Phi) is 8.24. The van der Waals surface area contributed by atoms with Gasteiger partial charge < -0.3 is 20.1 Å². The second kappa shape index (κ2) is 10.2. The quantitative estimate of drug-likeness (QED) is 0.769. The van der Waals surface area contributed by atoms with Crippen LogP contribution in [-0.2, 0) is 4.79 Å². The molecular weight excluding hydrogens is 364 g/mol. The third-order valence-corrected chi connectivity index (χ3v) is 5.60. The fourth-order valence-corrected chi connectivity index (χ4v) is 3.99. The zero-order chi connectivity index (χ0) is 18.5. The van der Waals surface area contributed by atoms with Crippen LogP contribution in [0, 0.1) is 17.8 Å². The molecular formula is C21H33ClN2O3. The van der Waals surface area contributed by atoms with Gasteiger partial charge in [0.15, 0.2) is 11.5 Å². The molecule has 0 bridgehead atoms. The predicted molar refractivity (Wildman–Crippen MR) is 110 cm³/mol. The molecule has 1 amide bonds. The molecule has 1 aromatic carbocycles. The maximum atomic E-state index is 12.7. The highest BCUT2D eigenvalue weighted by atomic mass is 35.5. The second-order valence-electron chi connectivity index (χ2n) is 7.96. The minimum Gasteiger partial charge on any atom is -0.486 e. The van der Waals surface area contributed by atoms with E-state index in [2.05, 4.69) is 31.4 Å². The molecule has 0 radical (unpaired) electrons. The summed E-state index contributed by atoms with van der Waals surface area (Å²) in [5, 5.41) is 6.65. The first-order chi connectivity index (χ1) is 12.5. The fourth-order valence-electron chi connectivity index (χ4n) is 3.99. The lowest BCUT2D eigenvalue weighted by Gasteiger charge is -2.29. The minimum atomic E-state index is -0.0152. The average molecular weight is 397 g/mol. The topological polar surface area (TPSA) is 59.6 Å². The first-order valence-electron chi connectivity index (χ1n) is 9.94. The third-order valence-electron chi connectivity index (χ3n) is 5.60. The molecule has 0 saturated carbocycles. The van der Waals surface area contributed by atoms with Crippen LogP contribution in [0.5, 0.6) is 11.5 Å². The van der Waals surface area contributed by atoms with E-state index < -0.39 is 0 Å². The Balaban J connectivity index is 0.00000261. The standard InChI is InChI=1S/C21H32N2O3.ClH/c1-14(2)21(17-4-5-18-19(13-17)26-11-10-25-18)23-20(24)12-15(3)16-6-8-22-9-7-16;/h4-5,13-16,21-22H,6-12H2,1-3H3,(H,23,24);1H. The number of carbonyl (C=O) groups is 1. The smallest absolute Gasteiger partial charge is 0.220 e. The van der Waals surface area contributed by atoms with Gasteiger partial charge >= 0.3 is 0 Å². The van der Waals surface area contributed by atoms with Gasteiger partial charge in [0, 0.05) is 6.42 Å². The lowest BCUT2D eigenvalue weighted by Crippen LogP contribution is -2.36. The van der Waals surface area contributed by atoms with Crippen molar-refractivity contribution >= 4 is 18.3 Å². The van der Waals surface area contributed by atoms with Gasteiger partial charge in [0.05, 0.1) is 6.04 Å². The van der Waals surface area contributed by atoms with Gasteiger partial charge in [-0.1, -0.05) is 26.8 Å². The van der Waals surface area contributed by atoms with Gasteiger partial charge in [-0.15, -0.1) is 12.4 Å². The summed E-state index contributed by atoms with van der Waals surface area (Å²) in [6.45, 7) is 9.79. The number of hydrogen-bond acceptors (Lipinski definition) is 4. The molecule has 6 heteroatoms. The highest BCUT2D eigenvalue weighted by Crippen LogP contribution is 2.34. The molecule has 5 nitrogen and oxygen atoms in total. The average Bonchev–Trinajstić information content (AvgIpc) is 2.66. The van der Waals surface area contributed by atoms with E-state index in [0.29, 0.717) is 37.4 Å². The van der Waals surface area contributed by atoms with Gasteiger partial charge in [-0.25, -0.2) is 0 Å². The molecule has 1 saturated heterocycles. The molecule has 2 unspecified atom stereocenters. The fraction of sp³-hybridized carbons (Fsp3) is 0.667. The van der Waals surface area contributed by atoms with Crippen molar-refractivity contribution in [2.24, 2.45) is 17.8 Å². The van der Waals surface area contributed by atoms with Crippen LogP contribution in [0.4, 0.5) is 0 Å². The normalized spacial score (nSPS) is 19.1. The lowest BCUT2D eigenvalue weighted by atomic mass is 9.84. The number of fused-ring (bicyclic) bond motifs is 1. The first kappa shape index (κ1) is 21.8. The van der Waals surface area contributed by atoms with Crippen LogP contribution in [0.15, 0.2) is 18.2 Å². The van der Waals surface area contributed by atoms with E-state index in [1.807, 2.05) is 18.2 Å². The molecule has 1 fully saturated rings. The summed E-state index contributed by atoms with van der Waals surface area (Å²) in [5.74, 6) is 3.07. The van der Waals surface area contributed by atoms with Gasteiger partial charge in [0.1, 0.15) is 13.2 Å². The Morgan fingerprint density at radius 2 is 1.81 bits per heavy atom. The Morgan fingerprint density at radius 1 is 1.15 bits per heavy atom. The molecule has 2 aliphatic heterocycles. The van der Waals surface area contributed by atoms with E-state index in [1.54, 1.807) is 0 Å². The molecule has 3 rings (SSSR count). The summed E-state index contributed by atoms with van der Waals surface area (Å²) in [7, 11) is 0. The van der Waals surface area contributed by atoms with E-state index >= 15 is 0 Å². The molecule has 2 N–H and O–H groups in total. The molecule has 1 aromatic rings. The van der Waals surface area contributed by atoms with Crippen molar-refractivity contribution in [2.75, 3.05) is 26.3 Å². The van der Waals surface area contributed by atoms with Gasteiger partial charge in [0.2, 0.25) is 5.91 Å². The maximum Gasteiger partial charge on any atom is 0.220 e. The van der Waals surface area contributed by atoms with Crippen LogP contribution in [0.3, 0.4) is 0 Å². The van der Waals surface area contributed by atoms with Crippen LogP contribution >= 0.6 is 12.4 Å². The zero-order valence-electron chi connectivity index (χ0n) is 16.6. The van der Waals surface area contributed by atoms with Crippen molar-refractivity contribution in [3.63, 3.8) is 0 Å². The molecule has 0 spiro atoms.